The first kappa shape index (κ1) is 10.9. The van der Waals surface area contributed by atoms with Gasteiger partial charge in [-0.15, -0.1) is 11.6 Å². The molecule has 67 valence electrons. The van der Waals surface area contributed by atoms with Gasteiger partial charge in [0.05, 0.1) is 5.38 Å². The number of allylic oxidation sites excluding steroid dienone is 8. The van der Waals surface area contributed by atoms with Crippen LogP contribution in [0.3, 0.4) is 0 Å². The van der Waals surface area contributed by atoms with Gasteiger partial charge in [0.2, 0.25) is 0 Å². The summed E-state index contributed by atoms with van der Waals surface area (Å²) in [6.07, 6.45) is 16.8. The van der Waals surface area contributed by atoms with E-state index < -0.39 is 0 Å². The van der Waals surface area contributed by atoms with Crippen LogP contribution < -0.4 is 0 Å². The Kier molecular flexibility index (Phi) is 4.11. The summed E-state index contributed by atoms with van der Waals surface area (Å²) in [6, 6.07) is 0. The topological polar surface area (TPSA) is 0 Å². The van der Waals surface area contributed by atoms with Crippen LogP contribution in [-0.4, -0.2) is 5.38 Å². The van der Waals surface area contributed by atoms with Gasteiger partial charge < -0.3 is 0 Å². The zero-order valence-electron chi connectivity index (χ0n) is 7.18. The van der Waals surface area contributed by atoms with Gasteiger partial charge in [-0.3, -0.25) is 0 Å². The van der Waals surface area contributed by atoms with Crippen molar-refractivity contribution in [2.45, 2.75) is 5.38 Å². The van der Waals surface area contributed by atoms with Crippen molar-refractivity contribution < 1.29 is 18.6 Å². The molecule has 0 spiro atoms. The molecular formula is C11H11ClV. The van der Waals surface area contributed by atoms with Crippen LogP contribution in [0.1, 0.15) is 0 Å². The van der Waals surface area contributed by atoms with Gasteiger partial charge in [0.25, 0.3) is 0 Å². The van der Waals surface area contributed by atoms with E-state index in [1.165, 1.54) is 0 Å². The summed E-state index contributed by atoms with van der Waals surface area (Å²) < 4.78 is 0. The van der Waals surface area contributed by atoms with Crippen LogP contribution in [0.2, 0.25) is 0 Å². The first-order valence-corrected chi connectivity index (χ1v) is 4.65. The standard InChI is InChI=1S/C11H11Cl.V/c12-11(9-5-1-2-6-9)10-7-3-4-8-10;/h1-11H;. The van der Waals surface area contributed by atoms with E-state index in [1.54, 1.807) is 0 Å². The van der Waals surface area contributed by atoms with E-state index in [-0.39, 0.29) is 23.9 Å². The van der Waals surface area contributed by atoms with Crippen LogP contribution in [0.5, 0.6) is 0 Å². The van der Waals surface area contributed by atoms with E-state index in [0.717, 1.165) is 0 Å². The molecule has 1 radical (unpaired) electrons. The number of hydrogen-bond acceptors (Lipinski definition) is 0. The SMILES string of the molecule is ClC(C1C=CC=C1)C1C=CC=C1.[V]. The van der Waals surface area contributed by atoms with Gasteiger partial charge in [0.15, 0.2) is 0 Å². The zero-order valence-corrected chi connectivity index (χ0v) is 9.33. The van der Waals surface area contributed by atoms with Crippen LogP contribution in [-0.2, 0) is 18.6 Å². The largest absolute Gasteiger partial charge is 0.121 e. The Labute approximate surface area is 95.9 Å². The Morgan fingerprint density at radius 2 is 1.08 bits per heavy atom. The molecule has 0 atom stereocenters. The number of rotatable bonds is 2. The Balaban J connectivity index is 0.000000845. The van der Waals surface area contributed by atoms with Crippen molar-refractivity contribution in [1.82, 2.24) is 0 Å². The minimum Gasteiger partial charge on any atom is -0.121 e. The predicted molar refractivity (Wildman–Crippen MR) is 53.2 cm³/mol. The molecule has 0 saturated heterocycles. The third kappa shape index (κ3) is 2.40. The summed E-state index contributed by atoms with van der Waals surface area (Å²) in [5.74, 6) is 0.813. The van der Waals surface area contributed by atoms with Crippen molar-refractivity contribution in [1.29, 1.82) is 0 Å². The van der Waals surface area contributed by atoms with Gasteiger partial charge >= 0.3 is 0 Å². The van der Waals surface area contributed by atoms with Crippen molar-refractivity contribution in [2.24, 2.45) is 11.8 Å². The maximum atomic E-state index is 6.29. The Hall–Kier alpha value is -0.166. The third-order valence-electron chi connectivity index (χ3n) is 2.29. The monoisotopic (exact) mass is 229 g/mol. The van der Waals surface area contributed by atoms with Crippen molar-refractivity contribution in [3.05, 3.63) is 48.6 Å². The molecule has 2 rings (SSSR count). The van der Waals surface area contributed by atoms with Gasteiger partial charge in [0, 0.05) is 30.4 Å². The maximum absolute atomic E-state index is 6.29. The van der Waals surface area contributed by atoms with Gasteiger partial charge in [-0.25, -0.2) is 0 Å². The van der Waals surface area contributed by atoms with Crippen LogP contribution >= 0.6 is 11.6 Å². The van der Waals surface area contributed by atoms with Crippen LogP contribution in [0.25, 0.3) is 0 Å². The minimum atomic E-state index is 0. The zero-order chi connectivity index (χ0) is 8.39. The van der Waals surface area contributed by atoms with E-state index in [2.05, 4.69) is 48.6 Å². The summed E-state index contributed by atoms with van der Waals surface area (Å²) in [5.41, 5.74) is 0. The molecule has 0 aliphatic heterocycles. The Morgan fingerprint density at radius 3 is 1.38 bits per heavy atom. The van der Waals surface area contributed by atoms with Gasteiger partial charge in [-0.05, 0) is 0 Å². The predicted octanol–water partition coefficient (Wildman–Crippen LogP) is 3.08. The minimum absolute atomic E-state index is 0. The van der Waals surface area contributed by atoms with Crippen molar-refractivity contribution >= 4 is 11.6 Å². The van der Waals surface area contributed by atoms with Crippen LogP contribution in [0, 0.1) is 11.8 Å². The fraction of sp³-hybridized carbons (Fsp3) is 0.273. The summed E-state index contributed by atoms with van der Waals surface area (Å²) in [4.78, 5) is 0. The number of halogens is 1. The van der Waals surface area contributed by atoms with E-state index >= 15 is 0 Å². The molecule has 0 fully saturated rings. The fourth-order valence-electron chi connectivity index (χ4n) is 1.58. The van der Waals surface area contributed by atoms with Crippen LogP contribution in [0.15, 0.2) is 48.6 Å². The first-order chi connectivity index (χ1) is 5.88. The summed E-state index contributed by atoms with van der Waals surface area (Å²) >= 11 is 6.29. The second-order valence-electron chi connectivity index (χ2n) is 3.14. The van der Waals surface area contributed by atoms with E-state index in [0.29, 0.717) is 11.8 Å². The number of hydrogen-bond donors (Lipinski definition) is 0. The normalized spacial score (nSPS) is 20.5. The smallest absolute Gasteiger partial charge is 0.0530 e. The second-order valence-corrected chi connectivity index (χ2v) is 3.64. The average molecular weight is 230 g/mol. The van der Waals surface area contributed by atoms with Crippen molar-refractivity contribution in [3.8, 4) is 0 Å². The molecule has 2 aliphatic carbocycles. The van der Waals surface area contributed by atoms with E-state index in [4.69, 9.17) is 11.6 Å². The van der Waals surface area contributed by atoms with Gasteiger partial charge in [0.1, 0.15) is 0 Å². The summed E-state index contributed by atoms with van der Waals surface area (Å²) in [7, 11) is 0. The van der Waals surface area contributed by atoms with Crippen molar-refractivity contribution in [3.63, 3.8) is 0 Å². The number of alkyl halides is 1. The summed E-state index contributed by atoms with van der Waals surface area (Å²) in [5, 5.41) is 0.176. The molecule has 0 saturated carbocycles. The van der Waals surface area contributed by atoms with Gasteiger partial charge in [-0.1, -0.05) is 48.6 Å². The maximum Gasteiger partial charge on any atom is 0.0530 e. The molecule has 0 amide bonds. The van der Waals surface area contributed by atoms with E-state index in [1.807, 2.05) is 0 Å². The van der Waals surface area contributed by atoms with Gasteiger partial charge in [-0.2, -0.15) is 0 Å². The molecule has 0 aromatic rings. The Morgan fingerprint density at radius 1 is 0.769 bits per heavy atom. The van der Waals surface area contributed by atoms with Crippen LogP contribution in [0.4, 0.5) is 0 Å². The molecule has 0 N–H and O–H groups in total. The third-order valence-corrected chi connectivity index (χ3v) is 2.87. The molecular weight excluding hydrogens is 219 g/mol. The van der Waals surface area contributed by atoms with Crippen molar-refractivity contribution in [2.75, 3.05) is 0 Å². The molecule has 13 heavy (non-hydrogen) atoms. The molecule has 0 heterocycles. The Bertz CT molecular complexity index is 224. The average Bonchev–Trinajstić information content (AvgIpc) is 2.77. The molecule has 0 aromatic carbocycles. The molecule has 0 nitrogen and oxygen atoms in total. The molecule has 2 aliphatic rings. The summed E-state index contributed by atoms with van der Waals surface area (Å²) in [6.45, 7) is 0. The molecule has 0 bridgehead atoms. The molecule has 0 aromatic heterocycles. The molecule has 2 heteroatoms. The second kappa shape index (κ2) is 4.90. The first-order valence-electron chi connectivity index (χ1n) is 4.22. The quantitative estimate of drug-likeness (QED) is 0.639. The molecule has 0 unspecified atom stereocenters. The van der Waals surface area contributed by atoms with E-state index in [9.17, 15) is 0 Å². The fourth-order valence-corrected chi connectivity index (χ4v) is 1.92.